The summed E-state index contributed by atoms with van der Waals surface area (Å²) in [6.45, 7) is 2.16. The lowest BCUT2D eigenvalue weighted by molar-refractivity contribution is -0.137. The molecule has 0 spiro atoms. The van der Waals surface area contributed by atoms with E-state index in [-0.39, 0.29) is 12.3 Å². The molecule has 2 rings (SSSR count). The number of hydrogen-bond acceptors (Lipinski definition) is 1. The van der Waals surface area contributed by atoms with E-state index in [1.165, 1.54) is 11.1 Å². The SMILES string of the molecule is CC1CC(CC(=O)O)c2ccc(Br)cc21. The molecule has 0 aliphatic heterocycles. The first kappa shape index (κ1) is 10.7. The lowest BCUT2D eigenvalue weighted by Crippen LogP contribution is -2.03. The number of hydrogen-bond donors (Lipinski definition) is 1. The molecule has 0 radical (unpaired) electrons. The largest absolute Gasteiger partial charge is 0.481 e. The summed E-state index contributed by atoms with van der Waals surface area (Å²) < 4.78 is 1.07. The van der Waals surface area contributed by atoms with Crippen molar-refractivity contribution in [2.24, 2.45) is 0 Å². The molecule has 0 aromatic heterocycles. The van der Waals surface area contributed by atoms with E-state index < -0.39 is 5.97 Å². The Kier molecular flexibility index (Phi) is 2.83. The van der Waals surface area contributed by atoms with Gasteiger partial charge in [-0.15, -0.1) is 0 Å². The van der Waals surface area contributed by atoms with E-state index >= 15 is 0 Å². The molecule has 2 nitrogen and oxygen atoms in total. The fraction of sp³-hybridized carbons (Fsp3) is 0.417. The number of carboxylic acid groups (broad SMARTS) is 1. The molecule has 0 bridgehead atoms. The Morgan fingerprint density at radius 1 is 1.53 bits per heavy atom. The number of fused-ring (bicyclic) bond motifs is 1. The highest BCUT2D eigenvalue weighted by Gasteiger charge is 2.29. The van der Waals surface area contributed by atoms with Gasteiger partial charge in [0, 0.05) is 4.47 Å². The van der Waals surface area contributed by atoms with E-state index in [4.69, 9.17) is 5.11 Å². The minimum atomic E-state index is -0.706. The van der Waals surface area contributed by atoms with Crippen LogP contribution >= 0.6 is 15.9 Å². The van der Waals surface area contributed by atoms with Gasteiger partial charge in [-0.1, -0.05) is 28.9 Å². The second-order valence-corrected chi connectivity index (χ2v) is 5.12. The standard InChI is InChI=1S/C12H13BrO2/c1-7-4-8(5-12(14)15)10-3-2-9(13)6-11(7)10/h2-3,6-8H,4-5H2,1H3,(H,14,15). The first-order valence-corrected chi connectivity index (χ1v) is 5.88. The molecule has 0 heterocycles. The normalized spacial score (nSPS) is 23.9. The van der Waals surface area contributed by atoms with E-state index in [0.29, 0.717) is 5.92 Å². The van der Waals surface area contributed by atoms with Crippen molar-refractivity contribution in [1.29, 1.82) is 0 Å². The zero-order valence-electron chi connectivity index (χ0n) is 8.53. The van der Waals surface area contributed by atoms with Crippen molar-refractivity contribution in [3.05, 3.63) is 33.8 Å². The Morgan fingerprint density at radius 3 is 2.93 bits per heavy atom. The number of halogens is 1. The van der Waals surface area contributed by atoms with Crippen LogP contribution in [0, 0.1) is 0 Å². The van der Waals surface area contributed by atoms with Crippen LogP contribution in [0.2, 0.25) is 0 Å². The first-order valence-electron chi connectivity index (χ1n) is 5.09. The minimum Gasteiger partial charge on any atom is -0.481 e. The second-order valence-electron chi connectivity index (χ2n) is 4.20. The molecule has 15 heavy (non-hydrogen) atoms. The monoisotopic (exact) mass is 268 g/mol. The number of benzene rings is 1. The summed E-state index contributed by atoms with van der Waals surface area (Å²) in [5.74, 6) is -0.0366. The third-order valence-corrected chi connectivity index (χ3v) is 3.57. The van der Waals surface area contributed by atoms with E-state index in [0.717, 1.165) is 10.9 Å². The van der Waals surface area contributed by atoms with Gasteiger partial charge in [-0.25, -0.2) is 0 Å². The molecule has 1 aliphatic rings. The van der Waals surface area contributed by atoms with Crippen molar-refractivity contribution in [1.82, 2.24) is 0 Å². The summed E-state index contributed by atoms with van der Waals surface area (Å²) in [5, 5.41) is 8.83. The summed E-state index contributed by atoms with van der Waals surface area (Å²) in [4.78, 5) is 10.7. The van der Waals surface area contributed by atoms with Gasteiger partial charge in [0.05, 0.1) is 6.42 Å². The highest BCUT2D eigenvalue weighted by molar-refractivity contribution is 9.10. The average Bonchev–Trinajstić information content (AvgIpc) is 2.42. The smallest absolute Gasteiger partial charge is 0.303 e. The van der Waals surface area contributed by atoms with Crippen LogP contribution in [0.4, 0.5) is 0 Å². The van der Waals surface area contributed by atoms with Gasteiger partial charge in [0.1, 0.15) is 0 Å². The summed E-state index contributed by atoms with van der Waals surface area (Å²) in [7, 11) is 0. The maximum atomic E-state index is 10.7. The van der Waals surface area contributed by atoms with Crippen LogP contribution in [0.1, 0.15) is 42.7 Å². The van der Waals surface area contributed by atoms with Gasteiger partial charge >= 0.3 is 5.97 Å². The molecule has 0 amide bonds. The molecule has 80 valence electrons. The Hall–Kier alpha value is -0.830. The Labute approximate surface area is 97.4 Å². The van der Waals surface area contributed by atoms with Crippen LogP contribution in [0.25, 0.3) is 0 Å². The van der Waals surface area contributed by atoms with E-state index in [2.05, 4.69) is 35.0 Å². The molecular formula is C12H13BrO2. The lowest BCUT2D eigenvalue weighted by atomic mass is 9.98. The highest BCUT2D eigenvalue weighted by Crippen LogP contribution is 2.43. The Morgan fingerprint density at radius 2 is 2.27 bits per heavy atom. The topological polar surface area (TPSA) is 37.3 Å². The molecular weight excluding hydrogens is 256 g/mol. The van der Waals surface area contributed by atoms with Gasteiger partial charge in [0.15, 0.2) is 0 Å². The molecule has 1 N–H and O–H groups in total. The van der Waals surface area contributed by atoms with Crippen LogP contribution in [0.15, 0.2) is 22.7 Å². The first-order chi connectivity index (χ1) is 7.08. The number of carboxylic acids is 1. The van der Waals surface area contributed by atoms with Gasteiger partial charge < -0.3 is 5.11 Å². The molecule has 0 saturated heterocycles. The predicted octanol–water partition coefficient (Wildman–Crippen LogP) is 3.51. The van der Waals surface area contributed by atoms with Crippen molar-refractivity contribution in [3.8, 4) is 0 Å². The van der Waals surface area contributed by atoms with Gasteiger partial charge in [-0.05, 0) is 41.5 Å². The number of aliphatic carboxylic acids is 1. The summed E-state index contributed by atoms with van der Waals surface area (Å²) >= 11 is 3.45. The average molecular weight is 269 g/mol. The predicted molar refractivity (Wildman–Crippen MR) is 62.2 cm³/mol. The van der Waals surface area contributed by atoms with Crippen molar-refractivity contribution in [3.63, 3.8) is 0 Å². The second kappa shape index (κ2) is 3.97. The molecule has 2 unspecified atom stereocenters. The van der Waals surface area contributed by atoms with Gasteiger partial charge in [0.2, 0.25) is 0 Å². The summed E-state index contributed by atoms with van der Waals surface area (Å²) in [5.41, 5.74) is 2.52. The van der Waals surface area contributed by atoms with Crippen LogP contribution in [-0.4, -0.2) is 11.1 Å². The third-order valence-electron chi connectivity index (χ3n) is 3.08. The third kappa shape index (κ3) is 2.07. The van der Waals surface area contributed by atoms with Crippen molar-refractivity contribution < 1.29 is 9.90 Å². The van der Waals surface area contributed by atoms with E-state index in [1.54, 1.807) is 0 Å². The van der Waals surface area contributed by atoms with Crippen molar-refractivity contribution in [2.45, 2.75) is 31.6 Å². The van der Waals surface area contributed by atoms with Crippen LogP contribution < -0.4 is 0 Å². The summed E-state index contributed by atoms with van der Waals surface area (Å²) in [6.07, 6.45) is 1.21. The fourth-order valence-corrected chi connectivity index (χ4v) is 2.81. The van der Waals surface area contributed by atoms with Crippen molar-refractivity contribution in [2.75, 3.05) is 0 Å². The molecule has 2 atom stereocenters. The maximum Gasteiger partial charge on any atom is 0.303 e. The van der Waals surface area contributed by atoms with Crippen molar-refractivity contribution >= 4 is 21.9 Å². The fourth-order valence-electron chi connectivity index (χ4n) is 2.43. The highest BCUT2D eigenvalue weighted by atomic mass is 79.9. The maximum absolute atomic E-state index is 10.7. The molecule has 3 heteroatoms. The van der Waals surface area contributed by atoms with Gasteiger partial charge in [-0.3, -0.25) is 4.79 Å². The van der Waals surface area contributed by atoms with Crippen LogP contribution in [0.5, 0.6) is 0 Å². The quantitative estimate of drug-likeness (QED) is 0.891. The minimum absolute atomic E-state index is 0.195. The van der Waals surface area contributed by atoms with Gasteiger partial charge in [-0.2, -0.15) is 0 Å². The zero-order chi connectivity index (χ0) is 11.0. The molecule has 1 aromatic rings. The van der Waals surface area contributed by atoms with Gasteiger partial charge in [0.25, 0.3) is 0 Å². The lowest BCUT2D eigenvalue weighted by Gasteiger charge is -2.07. The molecule has 0 saturated carbocycles. The van der Waals surface area contributed by atoms with E-state index in [1.807, 2.05) is 6.07 Å². The summed E-state index contributed by atoms with van der Waals surface area (Å²) in [6, 6.07) is 6.16. The Bertz CT molecular complexity index is 401. The Balaban J connectivity index is 2.33. The van der Waals surface area contributed by atoms with E-state index in [9.17, 15) is 4.79 Å². The molecule has 1 aromatic carbocycles. The number of rotatable bonds is 2. The zero-order valence-corrected chi connectivity index (χ0v) is 10.1. The molecule has 1 aliphatic carbocycles. The molecule has 0 fully saturated rings. The van der Waals surface area contributed by atoms with Crippen LogP contribution in [0.3, 0.4) is 0 Å². The number of carbonyl (C=O) groups is 1. The van der Waals surface area contributed by atoms with Crippen LogP contribution in [-0.2, 0) is 4.79 Å².